The third-order valence-corrected chi connectivity index (χ3v) is 4.37. The first-order valence-electron chi connectivity index (χ1n) is 8.66. The van der Waals surface area contributed by atoms with Gasteiger partial charge in [-0.25, -0.2) is 4.98 Å². The van der Waals surface area contributed by atoms with Gasteiger partial charge in [0.2, 0.25) is 11.8 Å². The van der Waals surface area contributed by atoms with E-state index in [1.165, 1.54) is 0 Å². The number of nitrogens with one attached hydrogen (secondary N) is 1. The standard InChI is InChI=1S/C17H24FN5O2/c1-11(2)23-9-13(7-20-23)21-17-19-8-15(18)16(22-17)25-10-12-3-5-14(24)6-4-12/h7-9,11-12,14,24H,3-6,10H2,1-2H3,(H,19,21,22)/t12-,14+. The Morgan fingerprint density at radius 3 is 2.76 bits per heavy atom. The van der Waals surface area contributed by atoms with Crippen molar-refractivity contribution in [3.05, 3.63) is 24.4 Å². The van der Waals surface area contributed by atoms with Crippen LogP contribution in [-0.2, 0) is 0 Å². The lowest BCUT2D eigenvalue weighted by Crippen LogP contribution is -2.23. The number of aromatic nitrogens is 4. The van der Waals surface area contributed by atoms with Crippen molar-refractivity contribution in [1.82, 2.24) is 19.7 Å². The minimum atomic E-state index is -0.584. The van der Waals surface area contributed by atoms with Gasteiger partial charge < -0.3 is 15.2 Å². The van der Waals surface area contributed by atoms with Gasteiger partial charge in [-0.2, -0.15) is 14.5 Å². The van der Waals surface area contributed by atoms with E-state index in [2.05, 4.69) is 20.4 Å². The summed E-state index contributed by atoms with van der Waals surface area (Å²) in [5, 5.41) is 16.8. The summed E-state index contributed by atoms with van der Waals surface area (Å²) >= 11 is 0. The van der Waals surface area contributed by atoms with E-state index in [0.717, 1.165) is 37.6 Å². The average molecular weight is 349 g/mol. The molecule has 0 unspecified atom stereocenters. The average Bonchev–Trinajstić information content (AvgIpc) is 3.05. The first kappa shape index (κ1) is 17.6. The Balaban J connectivity index is 1.61. The monoisotopic (exact) mass is 349 g/mol. The maximum Gasteiger partial charge on any atom is 0.255 e. The highest BCUT2D eigenvalue weighted by atomic mass is 19.1. The molecule has 25 heavy (non-hydrogen) atoms. The van der Waals surface area contributed by atoms with Gasteiger partial charge in [0.1, 0.15) is 0 Å². The van der Waals surface area contributed by atoms with Crippen LogP contribution in [0, 0.1) is 11.7 Å². The van der Waals surface area contributed by atoms with Gasteiger partial charge in [-0.05, 0) is 45.4 Å². The van der Waals surface area contributed by atoms with E-state index in [1.54, 1.807) is 10.9 Å². The number of halogens is 1. The number of hydrogen-bond donors (Lipinski definition) is 2. The number of nitrogens with zero attached hydrogens (tertiary/aromatic N) is 4. The highest BCUT2D eigenvalue weighted by molar-refractivity contribution is 5.50. The molecule has 1 aliphatic carbocycles. The van der Waals surface area contributed by atoms with Crippen molar-refractivity contribution in [2.75, 3.05) is 11.9 Å². The van der Waals surface area contributed by atoms with Crippen LogP contribution in [0.15, 0.2) is 18.6 Å². The number of anilines is 2. The molecule has 1 saturated carbocycles. The van der Waals surface area contributed by atoms with Crippen LogP contribution >= 0.6 is 0 Å². The molecule has 0 bridgehead atoms. The summed E-state index contributed by atoms with van der Waals surface area (Å²) in [5.74, 6) is -0.0589. The van der Waals surface area contributed by atoms with Crippen LogP contribution < -0.4 is 10.1 Å². The van der Waals surface area contributed by atoms with Crippen LogP contribution in [-0.4, -0.2) is 37.6 Å². The molecule has 0 amide bonds. The third-order valence-electron chi connectivity index (χ3n) is 4.37. The molecular weight excluding hydrogens is 325 g/mol. The summed E-state index contributed by atoms with van der Waals surface area (Å²) in [5.41, 5.74) is 0.729. The van der Waals surface area contributed by atoms with E-state index in [0.29, 0.717) is 12.5 Å². The molecule has 2 N–H and O–H groups in total. The smallest absolute Gasteiger partial charge is 0.255 e. The van der Waals surface area contributed by atoms with Crippen molar-refractivity contribution in [3.8, 4) is 5.88 Å². The van der Waals surface area contributed by atoms with Gasteiger partial charge in [0.05, 0.1) is 30.8 Å². The van der Waals surface area contributed by atoms with E-state index in [1.807, 2.05) is 20.0 Å². The molecule has 0 spiro atoms. The number of rotatable bonds is 6. The molecule has 0 aromatic carbocycles. The maximum atomic E-state index is 13.9. The molecule has 2 heterocycles. The van der Waals surface area contributed by atoms with Crippen LogP contribution in [0.3, 0.4) is 0 Å². The molecule has 1 fully saturated rings. The van der Waals surface area contributed by atoms with Crippen molar-refractivity contribution in [2.45, 2.75) is 51.7 Å². The summed E-state index contributed by atoms with van der Waals surface area (Å²) in [6, 6.07) is 0.248. The zero-order valence-corrected chi connectivity index (χ0v) is 14.5. The zero-order valence-electron chi connectivity index (χ0n) is 14.5. The van der Waals surface area contributed by atoms with E-state index in [-0.39, 0.29) is 24.0 Å². The lowest BCUT2D eigenvalue weighted by atomic mass is 9.88. The summed E-state index contributed by atoms with van der Waals surface area (Å²) in [4.78, 5) is 8.06. The van der Waals surface area contributed by atoms with Crippen LogP contribution in [0.1, 0.15) is 45.6 Å². The van der Waals surface area contributed by atoms with E-state index >= 15 is 0 Å². The number of hydrogen-bond acceptors (Lipinski definition) is 6. The molecule has 7 nitrogen and oxygen atoms in total. The number of ether oxygens (including phenoxy) is 1. The largest absolute Gasteiger partial charge is 0.475 e. The Hall–Kier alpha value is -2.22. The van der Waals surface area contributed by atoms with Crippen LogP contribution in [0.5, 0.6) is 5.88 Å². The SMILES string of the molecule is CC(C)n1cc(Nc2ncc(F)c(OC[C@H]3CC[C@@H](O)CC3)n2)cn1. The van der Waals surface area contributed by atoms with E-state index in [4.69, 9.17) is 4.74 Å². The van der Waals surface area contributed by atoms with E-state index in [9.17, 15) is 9.50 Å². The van der Waals surface area contributed by atoms with Crippen LogP contribution in [0.2, 0.25) is 0 Å². The molecule has 8 heteroatoms. The quantitative estimate of drug-likeness (QED) is 0.834. The predicted octanol–water partition coefficient (Wildman–Crippen LogP) is 3.07. The molecular formula is C17H24FN5O2. The van der Waals surface area contributed by atoms with Gasteiger partial charge >= 0.3 is 0 Å². The predicted molar refractivity (Wildman–Crippen MR) is 91.3 cm³/mol. The summed E-state index contributed by atoms with van der Waals surface area (Å²) in [7, 11) is 0. The lowest BCUT2D eigenvalue weighted by Gasteiger charge is -2.25. The molecule has 0 atom stereocenters. The molecule has 2 aromatic heterocycles. The third kappa shape index (κ3) is 4.66. The van der Waals surface area contributed by atoms with E-state index < -0.39 is 5.82 Å². The van der Waals surface area contributed by atoms with Gasteiger partial charge in [0.25, 0.3) is 5.88 Å². The Morgan fingerprint density at radius 1 is 1.32 bits per heavy atom. The van der Waals surface area contributed by atoms with Gasteiger partial charge in [0, 0.05) is 12.2 Å². The fourth-order valence-corrected chi connectivity index (χ4v) is 2.84. The number of aliphatic hydroxyl groups excluding tert-OH is 1. The molecule has 0 saturated heterocycles. The lowest BCUT2D eigenvalue weighted by molar-refractivity contribution is 0.0899. The van der Waals surface area contributed by atoms with Crippen molar-refractivity contribution in [2.24, 2.45) is 5.92 Å². The Kier molecular flexibility index (Phi) is 5.47. The van der Waals surface area contributed by atoms with Crippen molar-refractivity contribution in [1.29, 1.82) is 0 Å². The summed E-state index contributed by atoms with van der Waals surface area (Å²) < 4.78 is 21.3. The van der Waals surface area contributed by atoms with Gasteiger partial charge in [-0.3, -0.25) is 4.68 Å². The highest BCUT2D eigenvalue weighted by Crippen LogP contribution is 2.26. The van der Waals surface area contributed by atoms with Crippen LogP contribution in [0.4, 0.5) is 16.0 Å². The molecule has 2 aromatic rings. The zero-order chi connectivity index (χ0) is 17.8. The van der Waals surface area contributed by atoms with Crippen LogP contribution in [0.25, 0.3) is 0 Å². The van der Waals surface area contributed by atoms with Crippen molar-refractivity contribution in [3.63, 3.8) is 0 Å². The highest BCUT2D eigenvalue weighted by Gasteiger charge is 2.21. The molecule has 136 valence electrons. The maximum absolute atomic E-state index is 13.9. The molecule has 0 aliphatic heterocycles. The molecule has 3 rings (SSSR count). The first-order valence-corrected chi connectivity index (χ1v) is 8.66. The van der Waals surface area contributed by atoms with Gasteiger partial charge in [0.15, 0.2) is 0 Å². The van der Waals surface area contributed by atoms with Crippen molar-refractivity contribution < 1.29 is 14.2 Å². The Morgan fingerprint density at radius 2 is 2.08 bits per heavy atom. The second kappa shape index (κ2) is 7.77. The summed E-state index contributed by atoms with van der Waals surface area (Å²) in [6.07, 6.45) is 7.70. The number of aliphatic hydroxyl groups is 1. The minimum absolute atomic E-state index is 0.0557. The van der Waals surface area contributed by atoms with Gasteiger partial charge in [-0.15, -0.1) is 0 Å². The van der Waals surface area contributed by atoms with Crippen molar-refractivity contribution >= 4 is 11.6 Å². The second-order valence-corrected chi connectivity index (χ2v) is 6.76. The van der Waals surface area contributed by atoms with Gasteiger partial charge in [-0.1, -0.05) is 0 Å². The Bertz CT molecular complexity index is 698. The fourth-order valence-electron chi connectivity index (χ4n) is 2.84. The topological polar surface area (TPSA) is 85.1 Å². The molecule has 0 radical (unpaired) electrons. The summed E-state index contributed by atoms with van der Waals surface area (Å²) in [6.45, 7) is 4.45. The minimum Gasteiger partial charge on any atom is -0.475 e. The first-order chi connectivity index (χ1) is 12.0. The fraction of sp³-hybridized carbons (Fsp3) is 0.588. The molecule has 1 aliphatic rings. The second-order valence-electron chi connectivity index (χ2n) is 6.76. The Labute approximate surface area is 146 Å². The normalized spacial score (nSPS) is 20.7.